The van der Waals surface area contributed by atoms with Crippen molar-refractivity contribution in [2.24, 2.45) is 0 Å². The van der Waals surface area contributed by atoms with E-state index < -0.39 is 28.4 Å². The molecule has 3 aromatic rings. The summed E-state index contributed by atoms with van der Waals surface area (Å²) in [4.78, 5) is 24.5. The zero-order valence-electron chi connectivity index (χ0n) is 16.5. The van der Waals surface area contributed by atoms with Crippen molar-refractivity contribution in [2.75, 3.05) is 23.3 Å². The van der Waals surface area contributed by atoms with Gasteiger partial charge in [0.15, 0.2) is 0 Å². The van der Waals surface area contributed by atoms with Crippen LogP contribution in [0.4, 0.5) is 11.4 Å². The second kappa shape index (κ2) is 9.76. The lowest BCUT2D eigenvalue weighted by Gasteiger charge is -2.24. The van der Waals surface area contributed by atoms with E-state index in [0.29, 0.717) is 11.4 Å². The highest BCUT2D eigenvalue weighted by atomic mass is 79.9. The van der Waals surface area contributed by atoms with E-state index in [1.807, 2.05) is 0 Å². The lowest BCUT2D eigenvalue weighted by atomic mass is 10.2. The fourth-order valence-corrected chi connectivity index (χ4v) is 4.52. The van der Waals surface area contributed by atoms with Crippen LogP contribution in [-0.4, -0.2) is 33.9 Å². The van der Waals surface area contributed by atoms with Gasteiger partial charge in [0.1, 0.15) is 6.54 Å². The summed E-state index contributed by atoms with van der Waals surface area (Å²) in [6.07, 6.45) is 0. The Hall–Kier alpha value is -3.17. The minimum Gasteiger partial charge on any atom is -0.465 e. The highest BCUT2D eigenvalue weighted by Gasteiger charge is 2.27. The summed E-state index contributed by atoms with van der Waals surface area (Å²) in [6, 6.07) is 20.7. The molecule has 0 unspecified atom stereocenters. The number of carbonyl (C=O) groups excluding carboxylic acids is 2. The molecular formula is C22H19BrN2O5S. The number of esters is 1. The van der Waals surface area contributed by atoms with Crippen molar-refractivity contribution in [3.63, 3.8) is 0 Å². The number of nitrogens with zero attached hydrogens (tertiary/aromatic N) is 1. The molecule has 7 nitrogen and oxygen atoms in total. The van der Waals surface area contributed by atoms with Crippen LogP contribution in [0.3, 0.4) is 0 Å². The molecular weight excluding hydrogens is 484 g/mol. The number of ether oxygens (including phenoxy) is 1. The number of methoxy groups -OCH3 is 1. The van der Waals surface area contributed by atoms with Gasteiger partial charge in [-0.2, -0.15) is 0 Å². The summed E-state index contributed by atoms with van der Waals surface area (Å²) in [5.74, 6) is -1.11. The largest absolute Gasteiger partial charge is 0.465 e. The molecule has 0 heterocycles. The van der Waals surface area contributed by atoms with E-state index in [-0.39, 0.29) is 10.5 Å². The van der Waals surface area contributed by atoms with E-state index in [4.69, 9.17) is 0 Å². The van der Waals surface area contributed by atoms with Crippen LogP contribution in [0.2, 0.25) is 0 Å². The molecule has 9 heteroatoms. The van der Waals surface area contributed by atoms with Gasteiger partial charge >= 0.3 is 5.97 Å². The Morgan fingerprint density at radius 3 is 2.29 bits per heavy atom. The fourth-order valence-electron chi connectivity index (χ4n) is 2.81. The zero-order valence-corrected chi connectivity index (χ0v) is 18.9. The molecule has 1 amide bonds. The number of sulfonamides is 1. The minimum atomic E-state index is -4.00. The van der Waals surface area contributed by atoms with Gasteiger partial charge in [-0.25, -0.2) is 13.2 Å². The normalized spacial score (nSPS) is 10.9. The Labute approximate surface area is 188 Å². The molecule has 0 saturated carbocycles. The summed E-state index contributed by atoms with van der Waals surface area (Å²) in [5, 5.41) is 2.63. The van der Waals surface area contributed by atoms with E-state index in [2.05, 4.69) is 26.0 Å². The van der Waals surface area contributed by atoms with Crippen LogP contribution in [0.15, 0.2) is 88.2 Å². The van der Waals surface area contributed by atoms with Gasteiger partial charge in [0.2, 0.25) is 5.91 Å². The number of hydrogen-bond acceptors (Lipinski definition) is 5. The Morgan fingerprint density at radius 2 is 1.65 bits per heavy atom. The van der Waals surface area contributed by atoms with E-state index in [1.54, 1.807) is 60.7 Å². The second-order valence-corrected chi connectivity index (χ2v) is 9.20. The van der Waals surface area contributed by atoms with Crippen molar-refractivity contribution in [1.82, 2.24) is 0 Å². The van der Waals surface area contributed by atoms with Gasteiger partial charge in [-0.05, 0) is 54.6 Å². The van der Waals surface area contributed by atoms with E-state index in [9.17, 15) is 18.0 Å². The van der Waals surface area contributed by atoms with Crippen molar-refractivity contribution < 1.29 is 22.7 Å². The number of amides is 1. The maximum Gasteiger partial charge on any atom is 0.337 e. The summed E-state index contributed by atoms with van der Waals surface area (Å²) in [6.45, 7) is -0.457. The predicted molar refractivity (Wildman–Crippen MR) is 122 cm³/mol. The SMILES string of the molecule is COC(=O)c1cccc(NC(=O)CN(c2ccc(Br)cc2)S(=O)(=O)c2ccccc2)c1. The quantitative estimate of drug-likeness (QED) is 0.491. The Bertz CT molecular complexity index is 1180. The van der Waals surface area contributed by atoms with Crippen molar-refractivity contribution >= 4 is 49.2 Å². The van der Waals surface area contributed by atoms with Crippen LogP contribution < -0.4 is 9.62 Å². The lowest BCUT2D eigenvalue weighted by Crippen LogP contribution is -2.38. The predicted octanol–water partition coefficient (Wildman–Crippen LogP) is 4.07. The highest BCUT2D eigenvalue weighted by molar-refractivity contribution is 9.10. The first kappa shape index (κ1) is 22.5. The van der Waals surface area contributed by atoms with Gasteiger partial charge in [0, 0.05) is 10.2 Å². The standard InChI is InChI=1S/C22H19BrN2O5S/c1-30-22(27)16-6-5-7-18(14-16)24-21(26)15-25(19-12-10-17(23)11-13-19)31(28,29)20-8-3-2-4-9-20/h2-14H,15H2,1H3,(H,24,26). The number of carbonyl (C=O) groups is 2. The Kier molecular flexibility index (Phi) is 7.09. The summed E-state index contributed by atoms with van der Waals surface area (Å²) in [7, 11) is -2.73. The van der Waals surface area contributed by atoms with Gasteiger partial charge in [-0.15, -0.1) is 0 Å². The van der Waals surface area contributed by atoms with Crippen LogP contribution in [0, 0.1) is 0 Å². The van der Waals surface area contributed by atoms with Crippen LogP contribution in [0.25, 0.3) is 0 Å². The van der Waals surface area contributed by atoms with Gasteiger partial charge in [0.05, 0.1) is 23.3 Å². The topological polar surface area (TPSA) is 92.8 Å². The maximum absolute atomic E-state index is 13.3. The number of nitrogens with one attached hydrogen (secondary N) is 1. The van der Waals surface area contributed by atoms with Crippen molar-refractivity contribution in [2.45, 2.75) is 4.90 Å². The third-order valence-electron chi connectivity index (χ3n) is 4.30. The van der Waals surface area contributed by atoms with Crippen LogP contribution in [0.5, 0.6) is 0 Å². The monoisotopic (exact) mass is 502 g/mol. The first-order chi connectivity index (χ1) is 14.8. The van der Waals surface area contributed by atoms with Crippen molar-refractivity contribution in [3.8, 4) is 0 Å². The molecule has 0 radical (unpaired) electrons. The molecule has 0 aliphatic carbocycles. The van der Waals surface area contributed by atoms with E-state index >= 15 is 0 Å². The average Bonchev–Trinajstić information content (AvgIpc) is 2.78. The molecule has 1 N–H and O–H groups in total. The highest BCUT2D eigenvalue weighted by Crippen LogP contribution is 2.25. The van der Waals surface area contributed by atoms with Gasteiger partial charge in [-0.1, -0.05) is 40.2 Å². The number of hydrogen-bond donors (Lipinski definition) is 1. The third kappa shape index (κ3) is 5.50. The lowest BCUT2D eigenvalue weighted by molar-refractivity contribution is -0.114. The molecule has 31 heavy (non-hydrogen) atoms. The van der Waals surface area contributed by atoms with Crippen LogP contribution in [0.1, 0.15) is 10.4 Å². The van der Waals surface area contributed by atoms with Crippen molar-refractivity contribution in [3.05, 3.63) is 88.9 Å². The molecule has 0 spiro atoms. The maximum atomic E-state index is 13.3. The van der Waals surface area contributed by atoms with E-state index in [1.165, 1.54) is 25.3 Å². The smallest absolute Gasteiger partial charge is 0.337 e. The minimum absolute atomic E-state index is 0.0680. The number of anilines is 2. The Balaban J connectivity index is 1.89. The zero-order chi connectivity index (χ0) is 22.4. The number of halogens is 1. The average molecular weight is 503 g/mol. The summed E-state index contributed by atoms with van der Waals surface area (Å²) in [5.41, 5.74) is 0.952. The van der Waals surface area contributed by atoms with Crippen molar-refractivity contribution in [1.29, 1.82) is 0 Å². The third-order valence-corrected chi connectivity index (χ3v) is 6.62. The molecule has 0 aliphatic heterocycles. The van der Waals surface area contributed by atoms with Gasteiger partial charge in [0.25, 0.3) is 10.0 Å². The summed E-state index contributed by atoms with van der Waals surface area (Å²) >= 11 is 3.32. The van der Waals surface area contributed by atoms with E-state index in [0.717, 1.165) is 8.78 Å². The van der Waals surface area contributed by atoms with Crippen LogP contribution in [-0.2, 0) is 19.6 Å². The molecule has 0 aliphatic rings. The first-order valence-corrected chi connectivity index (χ1v) is 11.4. The first-order valence-electron chi connectivity index (χ1n) is 9.13. The molecule has 0 bridgehead atoms. The fraction of sp³-hybridized carbons (Fsp3) is 0.0909. The Morgan fingerprint density at radius 1 is 0.968 bits per heavy atom. The second-order valence-electron chi connectivity index (χ2n) is 6.42. The van der Waals surface area contributed by atoms with Gasteiger partial charge in [-0.3, -0.25) is 9.10 Å². The molecule has 160 valence electrons. The molecule has 0 fully saturated rings. The summed E-state index contributed by atoms with van der Waals surface area (Å²) < 4.78 is 33.0. The van der Waals surface area contributed by atoms with Gasteiger partial charge < -0.3 is 10.1 Å². The molecule has 0 saturated heterocycles. The molecule has 0 atom stereocenters. The number of benzene rings is 3. The number of rotatable bonds is 7. The molecule has 3 rings (SSSR count). The molecule has 3 aromatic carbocycles. The van der Waals surface area contributed by atoms with Crippen LogP contribution >= 0.6 is 15.9 Å². The molecule has 0 aromatic heterocycles.